The molecule has 3 rings (SSSR count). The number of likely N-dealkylation sites (N-methyl/N-ethyl adjacent to an activating group) is 1. The number of nitrogens with two attached hydrogens (primary N) is 1. The van der Waals surface area contributed by atoms with Gasteiger partial charge in [-0.1, -0.05) is 30.3 Å². The van der Waals surface area contributed by atoms with Gasteiger partial charge in [0.15, 0.2) is 0 Å². The van der Waals surface area contributed by atoms with Gasteiger partial charge < -0.3 is 20.4 Å². The molecule has 0 aromatic heterocycles. The number of hydrogen-bond donors (Lipinski definition) is 1. The van der Waals surface area contributed by atoms with Gasteiger partial charge in [-0.25, -0.2) is 0 Å². The van der Waals surface area contributed by atoms with Crippen molar-refractivity contribution in [1.29, 1.82) is 0 Å². The number of likely N-dealkylation sites (tertiary alicyclic amines) is 1. The standard InChI is InChI=1S/C18H24N4O3.ClH/c1-2-20-8-9-21(18(25)17(20)24)12-16(23)22-10-14(15(19)11-22)13-6-4-3-5-7-13;/h3-7,14-15H,2,8-12,19H2,1H3;1H/t14-,15+;/m0./s1. The molecule has 2 aliphatic rings. The first-order valence-electron chi connectivity index (χ1n) is 8.67. The quantitative estimate of drug-likeness (QED) is 0.748. The van der Waals surface area contributed by atoms with Crippen molar-refractivity contribution in [2.45, 2.75) is 18.9 Å². The highest BCUT2D eigenvalue weighted by molar-refractivity contribution is 6.35. The molecule has 1 aromatic rings. The summed E-state index contributed by atoms with van der Waals surface area (Å²) in [5.41, 5.74) is 7.34. The number of amides is 3. The SMILES string of the molecule is CCN1CCN(CC(=O)N2C[C@@H](N)[C@H](c3ccccc3)C2)C(=O)C1=O.Cl. The average Bonchev–Trinajstić information content (AvgIpc) is 3.02. The largest absolute Gasteiger partial charge is 0.339 e. The molecule has 26 heavy (non-hydrogen) atoms. The number of hydrogen-bond acceptors (Lipinski definition) is 4. The summed E-state index contributed by atoms with van der Waals surface area (Å²) in [6, 6.07) is 9.79. The summed E-state index contributed by atoms with van der Waals surface area (Å²) in [7, 11) is 0. The smallest absolute Gasteiger partial charge is 0.312 e. The number of halogens is 1. The van der Waals surface area contributed by atoms with Gasteiger partial charge in [0.1, 0.15) is 6.54 Å². The Morgan fingerprint density at radius 1 is 1.08 bits per heavy atom. The zero-order chi connectivity index (χ0) is 18.0. The molecule has 142 valence electrons. The fraction of sp³-hybridized carbons (Fsp3) is 0.500. The van der Waals surface area contributed by atoms with E-state index in [1.165, 1.54) is 9.80 Å². The van der Waals surface area contributed by atoms with Crippen molar-refractivity contribution in [1.82, 2.24) is 14.7 Å². The van der Waals surface area contributed by atoms with Crippen molar-refractivity contribution in [3.63, 3.8) is 0 Å². The summed E-state index contributed by atoms with van der Waals surface area (Å²) in [6.45, 7) is 4.16. The maximum absolute atomic E-state index is 12.6. The van der Waals surface area contributed by atoms with E-state index in [1.54, 1.807) is 4.90 Å². The van der Waals surface area contributed by atoms with Crippen LogP contribution in [0.25, 0.3) is 0 Å². The minimum Gasteiger partial charge on any atom is -0.339 e. The van der Waals surface area contributed by atoms with Crippen molar-refractivity contribution in [3.05, 3.63) is 35.9 Å². The van der Waals surface area contributed by atoms with Crippen LogP contribution in [0.2, 0.25) is 0 Å². The third kappa shape index (κ3) is 3.99. The number of carbonyl (C=O) groups excluding carboxylic acids is 3. The van der Waals surface area contributed by atoms with E-state index in [0.29, 0.717) is 32.7 Å². The molecule has 1 aromatic carbocycles. The topological polar surface area (TPSA) is 86.9 Å². The van der Waals surface area contributed by atoms with E-state index in [1.807, 2.05) is 37.3 Å². The minimum atomic E-state index is -0.593. The summed E-state index contributed by atoms with van der Waals surface area (Å²) in [5, 5.41) is 0. The van der Waals surface area contributed by atoms with Crippen LogP contribution in [0.5, 0.6) is 0 Å². The molecule has 0 aliphatic carbocycles. The molecule has 2 N–H and O–H groups in total. The Morgan fingerprint density at radius 3 is 2.35 bits per heavy atom. The molecular weight excluding hydrogens is 356 g/mol. The molecule has 7 nitrogen and oxygen atoms in total. The van der Waals surface area contributed by atoms with Crippen LogP contribution in [0.15, 0.2) is 30.3 Å². The number of rotatable bonds is 4. The lowest BCUT2D eigenvalue weighted by atomic mass is 9.95. The Hall–Kier alpha value is -2.12. The molecule has 0 unspecified atom stereocenters. The molecule has 2 saturated heterocycles. The first-order chi connectivity index (χ1) is 12.0. The van der Waals surface area contributed by atoms with Crippen molar-refractivity contribution in [2.24, 2.45) is 5.73 Å². The van der Waals surface area contributed by atoms with Crippen molar-refractivity contribution in [3.8, 4) is 0 Å². The van der Waals surface area contributed by atoms with E-state index < -0.39 is 11.8 Å². The highest BCUT2D eigenvalue weighted by atomic mass is 35.5. The number of benzene rings is 1. The van der Waals surface area contributed by atoms with Crippen LogP contribution in [0.3, 0.4) is 0 Å². The van der Waals surface area contributed by atoms with Crippen LogP contribution in [-0.2, 0) is 14.4 Å². The first-order valence-corrected chi connectivity index (χ1v) is 8.67. The zero-order valence-corrected chi connectivity index (χ0v) is 15.7. The fourth-order valence-electron chi connectivity index (χ4n) is 3.52. The second kappa shape index (κ2) is 8.51. The van der Waals surface area contributed by atoms with Gasteiger partial charge in [-0.05, 0) is 12.5 Å². The summed E-state index contributed by atoms with van der Waals surface area (Å²) < 4.78 is 0. The summed E-state index contributed by atoms with van der Waals surface area (Å²) in [6.07, 6.45) is 0. The van der Waals surface area contributed by atoms with Crippen LogP contribution in [-0.4, -0.2) is 77.7 Å². The van der Waals surface area contributed by atoms with Crippen LogP contribution < -0.4 is 5.73 Å². The van der Waals surface area contributed by atoms with Crippen LogP contribution in [0.4, 0.5) is 0 Å². The molecule has 8 heteroatoms. The predicted molar refractivity (Wildman–Crippen MR) is 99.8 cm³/mol. The second-order valence-corrected chi connectivity index (χ2v) is 6.59. The monoisotopic (exact) mass is 380 g/mol. The van der Waals surface area contributed by atoms with Crippen molar-refractivity contribution < 1.29 is 14.4 Å². The van der Waals surface area contributed by atoms with E-state index in [-0.39, 0.29) is 36.8 Å². The summed E-state index contributed by atoms with van der Waals surface area (Å²) in [5.74, 6) is -1.18. The van der Waals surface area contributed by atoms with Crippen molar-refractivity contribution in [2.75, 3.05) is 39.3 Å². The molecule has 0 saturated carbocycles. The minimum absolute atomic E-state index is 0. The Labute approximate surface area is 159 Å². The fourth-order valence-corrected chi connectivity index (χ4v) is 3.52. The average molecular weight is 381 g/mol. The Kier molecular flexibility index (Phi) is 6.61. The lowest BCUT2D eigenvalue weighted by molar-refractivity contribution is -0.157. The Bertz CT molecular complexity index is 670. The molecule has 2 atom stereocenters. The van der Waals surface area contributed by atoms with Gasteiger partial charge in [0.2, 0.25) is 5.91 Å². The maximum atomic E-state index is 12.6. The Balaban J connectivity index is 0.00000243. The maximum Gasteiger partial charge on any atom is 0.312 e. The number of carbonyl (C=O) groups is 3. The van der Waals surface area contributed by atoms with Crippen LogP contribution in [0.1, 0.15) is 18.4 Å². The molecular formula is C18H25ClN4O3. The lowest BCUT2D eigenvalue weighted by Gasteiger charge is -2.33. The summed E-state index contributed by atoms with van der Waals surface area (Å²) >= 11 is 0. The van der Waals surface area contributed by atoms with Crippen molar-refractivity contribution >= 4 is 30.1 Å². The highest BCUT2D eigenvalue weighted by Gasteiger charge is 2.37. The molecule has 2 heterocycles. The van der Waals surface area contributed by atoms with Gasteiger partial charge in [-0.15, -0.1) is 12.4 Å². The van der Waals surface area contributed by atoms with E-state index >= 15 is 0 Å². The molecule has 0 bridgehead atoms. The van der Waals surface area contributed by atoms with E-state index in [9.17, 15) is 14.4 Å². The molecule has 0 spiro atoms. The highest BCUT2D eigenvalue weighted by Crippen LogP contribution is 2.26. The zero-order valence-electron chi connectivity index (χ0n) is 14.8. The number of piperazine rings is 1. The first kappa shape index (κ1) is 20.2. The third-order valence-electron chi connectivity index (χ3n) is 5.05. The third-order valence-corrected chi connectivity index (χ3v) is 5.05. The second-order valence-electron chi connectivity index (χ2n) is 6.59. The normalized spacial score (nSPS) is 23.2. The van der Waals surface area contributed by atoms with Gasteiger partial charge in [-0.2, -0.15) is 0 Å². The molecule has 2 aliphatic heterocycles. The summed E-state index contributed by atoms with van der Waals surface area (Å²) in [4.78, 5) is 41.2. The Morgan fingerprint density at radius 2 is 1.69 bits per heavy atom. The van der Waals surface area contributed by atoms with E-state index in [4.69, 9.17) is 5.73 Å². The van der Waals surface area contributed by atoms with Crippen LogP contribution >= 0.6 is 12.4 Å². The lowest BCUT2D eigenvalue weighted by Crippen LogP contribution is -2.56. The van der Waals surface area contributed by atoms with Crippen LogP contribution in [0, 0.1) is 0 Å². The van der Waals surface area contributed by atoms with Gasteiger partial charge in [0.25, 0.3) is 0 Å². The van der Waals surface area contributed by atoms with Gasteiger partial charge >= 0.3 is 11.8 Å². The molecule has 3 amide bonds. The predicted octanol–water partition coefficient (Wildman–Crippen LogP) is 0.0522. The number of nitrogens with zero attached hydrogens (tertiary/aromatic N) is 3. The van der Waals surface area contributed by atoms with E-state index in [2.05, 4.69) is 0 Å². The van der Waals surface area contributed by atoms with Gasteiger partial charge in [-0.3, -0.25) is 14.4 Å². The van der Waals surface area contributed by atoms with Gasteiger partial charge in [0, 0.05) is 44.7 Å². The van der Waals surface area contributed by atoms with E-state index in [0.717, 1.165) is 5.56 Å². The van der Waals surface area contributed by atoms with Gasteiger partial charge in [0.05, 0.1) is 0 Å². The molecule has 0 radical (unpaired) electrons. The molecule has 2 fully saturated rings.